The van der Waals surface area contributed by atoms with Gasteiger partial charge in [0.2, 0.25) is 0 Å². The van der Waals surface area contributed by atoms with E-state index in [0.717, 1.165) is 18.1 Å². The Morgan fingerprint density at radius 2 is 2.25 bits per heavy atom. The lowest BCUT2D eigenvalue weighted by Crippen LogP contribution is -2.19. The van der Waals surface area contributed by atoms with Crippen LogP contribution in [0.1, 0.15) is 29.9 Å². The van der Waals surface area contributed by atoms with Gasteiger partial charge in [-0.15, -0.1) is 0 Å². The molecule has 1 aromatic heterocycles. The Morgan fingerprint density at radius 3 is 2.95 bits per heavy atom. The van der Waals surface area contributed by atoms with E-state index in [9.17, 15) is 4.39 Å². The predicted octanol–water partition coefficient (Wildman–Crippen LogP) is 3.28. The van der Waals surface area contributed by atoms with Gasteiger partial charge in [0.1, 0.15) is 11.6 Å². The zero-order chi connectivity index (χ0) is 14.1. The van der Waals surface area contributed by atoms with Crippen LogP contribution in [0.2, 0.25) is 5.02 Å². The zero-order valence-electron chi connectivity index (χ0n) is 11.4. The van der Waals surface area contributed by atoms with Crippen LogP contribution in [-0.4, -0.2) is 15.6 Å². The van der Waals surface area contributed by atoms with Crippen molar-refractivity contribution in [3.8, 4) is 0 Å². The van der Waals surface area contributed by atoms with Crippen LogP contribution in [0.5, 0.6) is 0 Å². The number of benzene rings is 1. The molecule has 0 aliphatic heterocycles. The van der Waals surface area contributed by atoms with Gasteiger partial charge in [-0.1, -0.05) is 17.7 Å². The molecule has 1 N–H and O–H groups in total. The molecule has 1 saturated carbocycles. The maximum atomic E-state index is 13.9. The van der Waals surface area contributed by atoms with Crippen molar-refractivity contribution in [2.75, 3.05) is 0 Å². The summed E-state index contributed by atoms with van der Waals surface area (Å²) in [6.07, 6.45) is 4.36. The Bertz CT molecular complexity index is 620. The molecule has 0 bridgehead atoms. The SMILES string of the molecule is Cc1ncc(CNC2CC2)n1Cc1ccc(Cl)cc1F. The fourth-order valence-corrected chi connectivity index (χ4v) is 2.39. The molecule has 1 aliphatic rings. The molecule has 0 atom stereocenters. The fraction of sp³-hybridized carbons (Fsp3) is 0.400. The Morgan fingerprint density at radius 1 is 1.45 bits per heavy atom. The largest absolute Gasteiger partial charge is 0.326 e. The smallest absolute Gasteiger partial charge is 0.129 e. The molecule has 5 heteroatoms. The van der Waals surface area contributed by atoms with E-state index in [1.807, 2.05) is 17.7 Å². The summed E-state index contributed by atoms with van der Waals surface area (Å²) in [5.41, 5.74) is 1.71. The highest BCUT2D eigenvalue weighted by Gasteiger charge is 2.21. The summed E-state index contributed by atoms with van der Waals surface area (Å²) in [6.45, 7) is 3.20. The third-order valence-electron chi connectivity index (χ3n) is 3.63. The van der Waals surface area contributed by atoms with Gasteiger partial charge in [0, 0.05) is 29.4 Å². The molecule has 0 amide bonds. The molecule has 0 spiro atoms. The first-order valence-corrected chi connectivity index (χ1v) is 7.19. The minimum atomic E-state index is -0.272. The maximum Gasteiger partial charge on any atom is 0.129 e. The molecule has 3 nitrogen and oxygen atoms in total. The highest BCUT2D eigenvalue weighted by molar-refractivity contribution is 6.30. The molecular formula is C15H17ClFN3. The van der Waals surface area contributed by atoms with E-state index in [4.69, 9.17) is 11.6 Å². The summed E-state index contributed by atoms with van der Waals surface area (Å²) in [6, 6.07) is 5.44. The van der Waals surface area contributed by atoms with Crippen molar-refractivity contribution in [3.63, 3.8) is 0 Å². The molecule has 0 saturated heterocycles. The van der Waals surface area contributed by atoms with Crippen LogP contribution < -0.4 is 5.32 Å². The Kier molecular flexibility index (Phi) is 3.76. The number of hydrogen-bond acceptors (Lipinski definition) is 2. The van der Waals surface area contributed by atoms with Crippen molar-refractivity contribution in [3.05, 3.63) is 52.3 Å². The minimum absolute atomic E-state index is 0.272. The third kappa shape index (κ3) is 3.02. The van der Waals surface area contributed by atoms with E-state index in [2.05, 4.69) is 10.3 Å². The highest BCUT2D eigenvalue weighted by atomic mass is 35.5. The van der Waals surface area contributed by atoms with Gasteiger partial charge in [-0.3, -0.25) is 0 Å². The van der Waals surface area contributed by atoms with Crippen LogP contribution in [0.25, 0.3) is 0 Å². The minimum Gasteiger partial charge on any atom is -0.326 e. The first kappa shape index (κ1) is 13.6. The van der Waals surface area contributed by atoms with Crippen molar-refractivity contribution in [1.82, 2.24) is 14.9 Å². The summed E-state index contributed by atoms with van der Waals surface area (Å²) < 4.78 is 15.9. The Balaban J connectivity index is 1.79. The Labute approximate surface area is 122 Å². The van der Waals surface area contributed by atoms with Gasteiger partial charge in [0.05, 0.1) is 12.2 Å². The molecule has 1 aliphatic carbocycles. The average molecular weight is 294 g/mol. The van der Waals surface area contributed by atoms with Crippen LogP contribution in [0.4, 0.5) is 4.39 Å². The van der Waals surface area contributed by atoms with Gasteiger partial charge in [-0.2, -0.15) is 0 Å². The lowest BCUT2D eigenvalue weighted by molar-refractivity contribution is 0.582. The third-order valence-corrected chi connectivity index (χ3v) is 3.87. The van der Waals surface area contributed by atoms with Crippen molar-refractivity contribution >= 4 is 11.6 Å². The molecule has 1 aromatic carbocycles. The summed E-state index contributed by atoms with van der Waals surface area (Å²) in [5, 5.41) is 3.88. The lowest BCUT2D eigenvalue weighted by atomic mass is 10.2. The number of rotatable bonds is 5. The monoisotopic (exact) mass is 293 g/mol. The summed E-state index contributed by atoms with van der Waals surface area (Å²) >= 11 is 5.78. The van der Waals surface area contributed by atoms with Crippen molar-refractivity contribution < 1.29 is 4.39 Å². The molecular weight excluding hydrogens is 277 g/mol. The standard InChI is InChI=1S/C15H17ClFN3/c1-10-18-7-14(8-19-13-4-5-13)20(10)9-11-2-3-12(16)6-15(11)17/h2-3,6-7,13,19H,4-5,8-9H2,1H3. The number of imidazole rings is 1. The Hall–Kier alpha value is -1.39. The van der Waals surface area contributed by atoms with E-state index >= 15 is 0 Å². The van der Waals surface area contributed by atoms with Gasteiger partial charge in [-0.05, 0) is 31.9 Å². The molecule has 2 aromatic rings. The first-order valence-electron chi connectivity index (χ1n) is 6.82. The van der Waals surface area contributed by atoms with Crippen LogP contribution in [0.3, 0.4) is 0 Å². The van der Waals surface area contributed by atoms with Gasteiger partial charge in [0.15, 0.2) is 0 Å². The average Bonchev–Trinajstić information content (AvgIpc) is 3.17. The second-order valence-electron chi connectivity index (χ2n) is 5.27. The fourth-order valence-electron chi connectivity index (χ4n) is 2.23. The second-order valence-corrected chi connectivity index (χ2v) is 5.71. The van der Waals surface area contributed by atoms with Crippen molar-refractivity contribution in [1.29, 1.82) is 0 Å². The molecule has 3 rings (SSSR count). The van der Waals surface area contributed by atoms with Crippen molar-refractivity contribution in [2.24, 2.45) is 0 Å². The van der Waals surface area contributed by atoms with E-state index in [1.165, 1.54) is 18.9 Å². The molecule has 1 heterocycles. The molecule has 106 valence electrons. The molecule has 1 fully saturated rings. The summed E-state index contributed by atoms with van der Waals surface area (Å²) in [5.74, 6) is 0.624. The van der Waals surface area contributed by atoms with Gasteiger partial charge in [0.25, 0.3) is 0 Å². The predicted molar refractivity (Wildman–Crippen MR) is 77.3 cm³/mol. The van der Waals surface area contributed by atoms with Crippen LogP contribution >= 0.6 is 11.6 Å². The second kappa shape index (κ2) is 5.54. The van der Waals surface area contributed by atoms with Crippen LogP contribution in [-0.2, 0) is 13.1 Å². The first-order chi connectivity index (χ1) is 9.63. The molecule has 0 unspecified atom stereocenters. The maximum absolute atomic E-state index is 13.9. The van der Waals surface area contributed by atoms with Crippen LogP contribution in [0, 0.1) is 12.7 Å². The quantitative estimate of drug-likeness (QED) is 0.917. The van der Waals surface area contributed by atoms with Gasteiger partial charge >= 0.3 is 0 Å². The molecule has 0 radical (unpaired) electrons. The van der Waals surface area contributed by atoms with Crippen LogP contribution in [0.15, 0.2) is 24.4 Å². The van der Waals surface area contributed by atoms with E-state index in [0.29, 0.717) is 23.2 Å². The van der Waals surface area contributed by atoms with Gasteiger partial charge in [-0.25, -0.2) is 9.37 Å². The number of nitrogens with one attached hydrogen (secondary N) is 1. The number of hydrogen-bond donors (Lipinski definition) is 1. The number of nitrogens with zero attached hydrogens (tertiary/aromatic N) is 2. The number of halogens is 2. The highest BCUT2D eigenvalue weighted by Crippen LogP contribution is 2.20. The lowest BCUT2D eigenvalue weighted by Gasteiger charge is -2.12. The topological polar surface area (TPSA) is 29.9 Å². The molecule has 20 heavy (non-hydrogen) atoms. The number of aryl methyl sites for hydroxylation is 1. The van der Waals surface area contributed by atoms with Crippen molar-refractivity contribution in [2.45, 2.75) is 38.9 Å². The van der Waals surface area contributed by atoms with E-state index in [-0.39, 0.29) is 5.82 Å². The van der Waals surface area contributed by atoms with E-state index < -0.39 is 0 Å². The number of aromatic nitrogens is 2. The van der Waals surface area contributed by atoms with E-state index in [1.54, 1.807) is 12.1 Å². The summed E-state index contributed by atoms with van der Waals surface area (Å²) in [4.78, 5) is 4.33. The van der Waals surface area contributed by atoms with Gasteiger partial charge < -0.3 is 9.88 Å². The zero-order valence-corrected chi connectivity index (χ0v) is 12.1. The normalized spacial score (nSPS) is 14.8. The summed E-state index contributed by atoms with van der Waals surface area (Å²) in [7, 11) is 0.